The van der Waals surface area contributed by atoms with Gasteiger partial charge in [0.05, 0.1) is 12.6 Å². The molecule has 38 heavy (non-hydrogen) atoms. The van der Waals surface area contributed by atoms with E-state index in [1.54, 1.807) is 0 Å². The molecule has 0 saturated heterocycles. The van der Waals surface area contributed by atoms with Gasteiger partial charge in [-0.25, -0.2) is 4.79 Å². The smallest absolute Gasteiger partial charge is 0.408 e. The Labute approximate surface area is 227 Å². The van der Waals surface area contributed by atoms with Crippen LogP contribution in [0.4, 0.5) is 10.5 Å². The normalized spacial score (nSPS) is 14.8. The molecule has 7 heteroatoms. The van der Waals surface area contributed by atoms with Gasteiger partial charge in [0.1, 0.15) is 12.6 Å². The third-order valence-electron chi connectivity index (χ3n) is 6.74. The molecule has 0 radical (unpaired) electrons. The molecule has 1 heterocycles. The first-order valence-corrected chi connectivity index (χ1v) is 13.9. The lowest BCUT2D eigenvalue weighted by molar-refractivity contribution is -0.129. The van der Waals surface area contributed by atoms with Gasteiger partial charge in [-0.3, -0.25) is 9.59 Å². The SMILES string of the molecule is CC(C)C[C@H](NC(=O)[C@H](CC(C)C)NC(=O)OCc1ccccc1)C(=O)CN1CCCCc2ccccc21. The summed E-state index contributed by atoms with van der Waals surface area (Å²) in [5.74, 6) is 0.00497. The zero-order valence-corrected chi connectivity index (χ0v) is 23.2. The van der Waals surface area contributed by atoms with Crippen LogP contribution in [0.1, 0.15) is 64.5 Å². The molecule has 2 N–H and O–H groups in total. The van der Waals surface area contributed by atoms with E-state index in [-0.39, 0.29) is 36.7 Å². The number of carbonyl (C=O) groups excluding carboxylic acids is 3. The molecule has 2 aromatic carbocycles. The highest BCUT2D eigenvalue weighted by Crippen LogP contribution is 2.26. The van der Waals surface area contributed by atoms with Gasteiger partial charge in [0.15, 0.2) is 5.78 Å². The van der Waals surface area contributed by atoms with Gasteiger partial charge in [-0.05, 0) is 61.1 Å². The Hall–Kier alpha value is -3.35. The van der Waals surface area contributed by atoms with Gasteiger partial charge < -0.3 is 20.3 Å². The lowest BCUT2D eigenvalue weighted by Crippen LogP contribution is -2.53. The first kappa shape index (κ1) is 29.2. The fourth-order valence-electron chi connectivity index (χ4n) is 4.86. The van der Waals surface area contributed by atoms with Crippen LogP contribution < -0.4 is 15.5 Å². The number of Topliss-reactive ketones (excluding diaryl/α,β-unsaturated/α-hetero) is 1. The largest absolute Gasteiger partial charge is 0.445 e. The maximum absolute atomic E-state index is 13.6. The number of hydrogen-bond acceptors (Lipinski definition) is 5. The monoisotopic (exact) mass is 521 g/mol. The summed E-state index contributed by atoms with van der Waals surface area (Å²) >= 11 is 0. The highest BCUT2D eigenvalue weighted by molar-refractivity contribution is 5.94. The predicted molar refractivity (Wildman–Crippen MR) is 151 cm³/mol. The number of para-hydroxylation sites is 1. The van der Waals surface area contributed by atoms with Crippen LogP contribution in [-0.2, 0) is 27.4 Å². The standard InChI is InChI=1S/C31H43N3O4/c1-22(2)18-26(29(35)20-34-17-11-10-15-25-14-8-9-16-28(25)34)32-30(36)27(19-23(3)4)33-31(37)38-21-24-12-6-5-7-13-24/h5-9,12-14,16,22-23,26-27H,10-11,15,17-21H2,1-4H3,(H,32,36)(H,33,37)/t26-,27-/m0/s1. The molecule has 0 unspecified atom stereocenters. The lowest BCUT2D eigenvalue weighted by atomic mass is 9.97. The zero-order valence-electron chi connectivity index (χ0n) is 23.2. The van der Waals surface area contributed by atoms with E-state index in [1.807, 2.05) is 70.2 Å². The number of alkyl carbamates (subject to hydrolysis) is 1. The number of rotatable bonds is 12. The van der Waals surface area contributed by atoms with Crippen LogP contribution in [0.2, 0.25) is 0 Å². The number of nitrogens with zero attached hydrogens (tertiary/aromatic N) is 1. The second-order valence-electron chi connectivity index (χ2n) is 11.1. The number of amides is 2. The highest BCUT2D eigenvalue weighted by atomic mass is 16.5. The van der Waals surface area contributed by atoms with Crippen LogP contribution in [0.5, 0.6) is 0 Å². The molecule has 0 bridgehead atoms. The van der Waals surface area contributed by atoms with Crippen LogP contribution in [0, 0.1) is 11.8 Å². The summed E-state index contributed by atoms with van der Waals surface area (Å²) in [4.78, 5) is 41.6. The summed E-state index contributed by atoms with van der Waals surface area (Å²) in [6.07, 6.45) is 3.45. The van der Waals surface area contributed by atoms with Crippen LogP contribution in [0.3, 0.4) is 0 Å². The molecule has 206 valence electrons. The number of ketones is 1. The van der Waals surface area contributed by atoms with Crippen molar-refractivity contribution in [1.82, 2.24) is 10.6 Å². The molecular weight excluding hydrogens is 478 g/mol. The van der Waals surface area contributed by atoms with Crippen molar-refractivity contribution in [2.24, 2.45) is 11.8 Å². The topological polar surface area (TPSA) is 87.7 Å². The number of nitrogens with one attached hydrogen (secondary N) is 2. The maximum Gasteiger partial charge on any atom is 0.408 e. The Kier molecular flexibility index (Phi) is 11.2. The second-order valence-corrected chi connectivity index (χ2v) is 11.1. The number of anilines is 1. The van der Waals surface area contributed by atoms with Crippen LogP contribution >= 0.6 is 0 Å². The zero-order chi connectivity index (χ0) is 27.5. The summed E-state index contributed by atoms with van der Waals surface area (Å²) in [7, 11) is 0. The molecular formula is C31H43N3O4. The van der Waals surface area contributed by atoms with Crippen molar-refractivity contribution in [3.63, 3.8) is 0 Å². The minimum absolute atomic E-state index is 0.0151. The average molecular weight is 522 g/mol. The van der Waals surface area contributed by atoms with Crippen LogP contribution in [0.15, 0.2) is 54.6 Å². The minimum Gasteiger partial charge on any atom is -0.445 e. The van der Waals surface area contributed by atoms with E-state index in [4.69, 9.17) is 4.74 Å². The van der Waals surface area contributed by atoms with Gasteiger partial charge >= 0.3 is 6.09 Å². The van der Waals surface area contributed by atoms with Crippen molar-refractivity contribution in [3.8, 4) is 0 Å². The molecule has 2 atom stereocenters. The van der Waals surface area contributed by atoms with Crippen molar-refractivity contribution in [1.29, 1.82) is 0 Å². The average Bonchev–Trinajstić information content (AvgIpc) is 3.09. The van der Waals surface area contributed by atoms with E-state index in [0.717, 1.165) is 37.1 Å². The van der Waals surface area contributed by atoms with Gasteiger partial charge in [-0.2, -0.15) is 0 Å². The number of aryl methyl sites for hydroxylation is 1. The first-order valence-electron chi connectivity index (χ1n) is 13.9. The van der Waals surface area contributed by atoms with E-state index in [1.165, 1.54) is 5.56 Å². The van der Waals surface area contributed by atoms with Gasteiger partial charge in [0, 0.05) is 12.2 Å². The molecule has 1 aliphatic rings. The molecule has 0 aromatic heterocycles. The van der Waals surface area contributed by atoms with E-state index < -0.39 is 18.2 Å². The van der Waals surface area contributed by atoms with Crippen molar-refractivity contribution < 1.29 is 19.1 Å². The van der Waals surface area contributed by atoms with Gasteiger partial charge in [0.2, 0.25) is 5.91 Å². The van der Waals surface area contributed by atoms with E-state index in [9.17, 15) is 14.4 Å². The fraction of sp³-hybridized carbons (Fsp3) is 0.516. The summed E-state index contributed by atoms with van der Waals surface area (Å²) in [5, 5.41) is 5.70. The molecule has 0 saturated carbocycles. The number of fused-ring (bicyclic) bond motifs is 1. The van der Waals surface area contributed by atoms with Crippen molar-refractivity contribution in [2.45, 2.75) is 78.5 Å². The van der Waals surface area contributed by atoms with Crippen LogP contribution in [-0.4, -0.2) is 43.0 Å². The van der Waals surface area contributed by atoms with E-state index in [0.29, 0.717) is 12.8 Å². The Morgan fingerprint density at radius 2 is 1.50 bits per heavy atom. The van der Waals surface area contributed by atoms with Crippen molar-refractivity contribution in [3.05, 3.63) is 65.7 Å². The van der Waals surface area contributed by atoms with E-state index in [2.05, 4.69) is 27.7 Å². The predicted octanol–water partition coefficient (Wildman–Crippen LogP) is 5.27. The molecule has 0 aliphatic carbocycles. The van der Waals surface area contributed by atoms with Crippen molar-refractivity contribution >= 4 is 23.5 Å². The van der Waals surface area contributed by atoms with Gasteiger partial charge in [-0.15, -0.1) is 0 Å². The van der Waals surface area contributed by atoms with Gasteiger partial charge in [0.25, 0.3) is 0 Å². The molecule has 0 fully saturated rings. The molecule has 2 aromatic rings. The Morgan fingerprint density at radius 3 is 2.21 bits per heavy atom. The maximum atomic E-state index is 13.6. The summed E-state index contributed by atoms with van der Waals surface area (Å²) < 4.78 is 5.35. The quantitative estimate of drug-likeness (QED) is 0.397. The fourth-order valence-corrected chi connectivity index (χ4v) is 4.86. The number of ether oxygens (including phenoxy) is 1. The first-order chi connectivity index (χ1) is 18.2. The number of benzene rings is 2. The van der Waals surface area contributed by atoms with Gasteiger partial charge in [-0.1, -0.05) is 76.2 Å². The van der Waals surface area contributed by atoms with E-state index >= 15 is 0 Å². The lowest BCUT2D eigenvalue weighted by Gasteiger charge is -2.28. The second kappa shape index (κ2) is 14.6. The van der Waals surface area contributed by atoms with Crippen LogP contribution in [0.25, 0.3) is 0 Å². The highest BCUT2D eigenvalue weighted by Gasteiger charge is 2.29. The number of carbonyl (C=O) groups is 3. The molecule has 1 aliphatic heterocycles. The Balaban J connectivity index is 1.66. The molecule has 3 rings (SSSR count). The third-order valence-corrected chi connectivity index (χ3v) is 6.74. The summed E-state index contributed by atoms with van der Waals surface area (Å²) in [6.45, 7) is 9.24. The third kappa shape index (κ3) is 9.19. The summed E-state index contributed by atoms with van der Waals surface area (Å²) in [6, 6.07) is 16.2. The minimum atomic E-state index is -0.792. The molecule has 2 amide bonds. The molecule has 7 nitrogen and oxygen atoms in total. The van der Waals surface area contributed by atoms with Crippen molar-refractivity contribution in [2.75, 3.05) is 18.0 Å². The molecule has 0 spiro atoms. The summed E-state index contributed by atoms with van der Waals surface area (Å²) in [5.41, 5.74) is 3.23. The Morgan fingerprint density at radius 1 is 0.842 bits per heavy atom. The number of hydrogen-bond donors (Lipinski definition) is 2. The Bertz CT molecular complexity index is 1050.